The lowest BCUT2D eigenvalue weighted by Gasteiger charge is -2.34. The molecule has 0 aromatic carbocycles. The molecule has 3 N–H and O–H groups in total. The molecule has 3 rings (SSSR count). The summed E-state index contributed by atoms with van der Waals surface area (Å²) in [5.41, 5.74) is 0.440. The van der Waals surface area contributed by atoms with Crippen LogP contribution in [0, 0.1) is 18.3 Å². The predicted octanol–water partition coefficient (Wildman–Crippen LogP) is 2.65. The molecule has 0 radical (unpaired) electrons. The maximum Gasteiger partial charge on any atom is 0.309 e. The minimum atomic E-state index is -1.24. The van der Waals surface area contributed by atoms with Gasteiger partial charge >= 0.3 is 5.97 Å². The summed E-state index contributed by atoms with van der Waals surface area (Å²) in [6, 6.07) is -0.304. The summed E-state index contributed by atoms with van der Waals surface area (Å²) in [5, 5.41) is 27.7. The van der Waals surface area contributed by atoms with Gasteiger partial charge in [0.15, 0.2) is 0 Å². The molecule has 2 fully saturated rings. The fourth-order valence-electron chi connectivity index (χ4n) is 4.48. The molecule has 190 valence electrons. The molecule has 2 aliphatic heterocycles. The van der Waals surface area contributed by atoms with Crippen molar-refractivity contribution in [1.82, 2.24) is 10.3 Å². The number of fused-ring (bicyclic) bond motifs is 1. The van der Waals surface area contributed by atoms with Gasteiger partial charge in [0.25, 0.3) is 0 Å². The van der Waals surface area contributed by atoms with E-state index in [2.05, 4.69) is 10.3 Å². The Morgan fingerprint density at radius 1 is 1.26 bits per heavy atom. The number of nitrogens with one attached hydrogen (secondary N) is 1. The van der Waals surface area contributed by atoms with E-state index in [1.165, 1.54) is 0 Å². The Hall–Kier alpha value is -1.65. The number of Topliss-reactive ketones (excluding diaryl/α,β-unsaturated/α-hetero) is 1. The molecule has 3 heterocycles. The summed E-state index contributed by atoms with van der Waals surface area (Å²) in [6.07, 6.45) is 0.195. The van der Waals surface area contributed by atoms with Crippen LogP contribution in [0.3, 0.4) is 0 Å². The van der Waals surface area contributed by atoms with Crippen LogP contribution in [0.15, 0.2) is 11.0 Å². The second-order valence-corrected chi connectivity index (χ2v) is 11.3. The van der Waals surface area contributed by atoms with Crippen molar-refractivity contribution in [3.05, 3.63) is 21.7 Å². The first-order valence-corrected chi connectivity index (χ1v) is 12.9. The number of epoxide rings is 1. The number of ketones is 1. The Kier molecular flexibility index (Phi) is 8.68. The number of hydrogen-bond donors (Lipinski definition) is 3. The van der Waals surface area contributed by atoms with Crippen molar-refractivity contribution in [2.75, 3.05) is 6.54 Å². The van der Waals surface area contributed by atoms with E-state index in [0.29, 0.717) is 13.0 Å². The molecule has 7 unspecified atom stereocenters. The highest BCUT2D eigenvalue weighted by Crippen LogP contribution is 2.34. The van der Waals surface area contributed by atoms with Crippen molar-refractivity contribution >= 4 is 29.2 Å². The molecule has 9 heteroatoms. The summed E-state index contributed by atoms with van der Waals surface area (Å²) in [6.45, 7) is 11.2. The van der Waals surface area contributed by atoms with Crippen LogP contribution in [0.2, 0.25) is 0 Å². The van der Waals surface area contributed by atoms with Gasteiger partial charge in [0.2, 0.25) is 0 Å². The number of aliphatic hydroxyl groups excluding tert-OH is 2. The molecule has 0 spiro atoms. The minimum absolute atomic E-state index is 0.0323. The van der Waals surface area contributed by atoms with Gasteiger partial charge in [-0.2, -0.15) is 0 Å². The molecule has 0 amide bonds. The van der Waals surface area contributed by atoms with Crippen LogP contribution in [0.4, 0.5) is 0 Å². The fourth-order valence-corrected chi connectivity index (χ4v) is 5.05. The normalized spacial score (nSPS) is 36.0. The topological polar surface area (TPSA) is 121 Å². The molecule has 0 saturated carbocycles. The molecular formula is C25H38N2O6S. The lowest BCUT2D eigenvalue weighted by atomic mass is 9.74. The molecule has 7 atom stereocenters. The number of cyclic esters (lactones) is 1. The van der Waals surface area contributed by atoms with E-state index >= 15 is 0 Å². The monoisotopic (exact) mass is 494 g/mol. The molecule has 0 aliphatic carbocycles. The Morgan fingerprint density at radius 2 is 1.97 bits per heavy atom. The maximum atomic E-state index is 13.1. The number of aliphatic hydroxyl groups is 2. The summed E-state index contributed by atoms with van der Waals surface area (Å²) >= 11 is 1.55. The Labute approximate surface area is 205 Å². The lowest BCUT2D eigenvalue weighted by molar-refractivity contribution is -0.154. The second kappa shape index (κ2) is 11.0. The highest BCUT2D eigenvalue weighted by atomic mass is 32.1. The Bertz CT molecular complexity index is 913. The first-order chi connectivity index (χ1) is 15.9. The highest BCUT2D eigenvalue weighted by molar-refractivity contribution is 7.09. The SMILES string of the molecule is CC(=Cc1csc(C)n1)C1CC2OC2CCNC(C)C(O)C(C)C(=O)C(C)(C)C(O)CC(=O)O1. The number of aromatic nitrogens is 1. The number of carbonyl (C=O) groups excluding carboxylic acids is 2. The number of carbonyl (C=O) groups is 2. The van der Waals surface area contributed by atoms with E-state index in [1.807, 2.05) is 32.2 Å². The summed E-state index contributed by atoms with van der Waals surface area (Å²) < 4.78 is 11.6. The van der Waals surface area contributed by atoms with E-state index in [1.54, 1.807) is 32.1 Å². The zero-order valence-electron chi connectivity index (χ0n) is 20.9. The second-order valence-electron chi connectivity index (χ2n) is 10.2. The quantitative estimate of drug-likeness (QED) is 0.424. The van der Waals surface area contributed by atoms with Gasteiger partial charge in [-0.15, -0.1) is 11.3 Å². The van der Waals surface area contributed by atoms with E-state index in [-0.39, 0.29) is 30.5 Å². The van der Waals surface area contributed by atoms with Gasteiger partial charge < -0.3 is 25.0 Å². The molecule has 34 heavy (non-hydrogen) atoms. The molecule has 1 aromatic heterocycles. The van der Waals surface area contributed by atoms with E-state index in [4.69, 9.17) is 9.47 Å². The van der Waals surface area contributed by atoms with Crippen molar-refractivity contribution in [3.8, 4) is 0 Å². The summed E-state index contributed by atoms with van der Waals surface area (Å²) in [5.74, 6) is -1.58. The van der Waals surface area contributed by atoms with Crippen LogP contribution in [0.5, 0.6) is 0 Å². The van der Waals surface area contributed by atoms with Crippen LogP contribution in [0.1, 0.15) is 64.6 Å². The Morgan fingerprint density at radius 3 is 2.62 bits per heavy atom. The molecular weight excluding hydrogens is 456 g/mol. The number of ether oxygens (including phenoxy) is 2. The van der Waals surface area contributed by atoms with Crippen LogP contribution >= 0.6 is 11.3 Å². The lowest BCUT2D eigenvalue weighted by Crippen LogP contribution is -2.49. The smallest absolute Gasteiger partial charge is 0.309 e. The van der Waals surface area contributed by atoms with Crippen LogP contribution in [-0.4, -0.2) is 70.1 Å². The third-order valence-electron chi connectivity index (χ3n) is 7.09. The van der Waals surface area contributed by atoms with Crippen LogP contribution < -0.4 is 5.32 Å². The van der Waals surface area contributed by atoms with E-state index < -0.39 is 35.6 Å². The summed E-state index contributed by atoms with van der Waals surface area (Å²) in [7, 11) is 0. The molecule has 0 bridgehead atoms. The van der Waals surface area contributed by atoms with Crippen molar-refractivity contribution in [2.24, 2.45) is 11.3 Å². The molecule has 2 saturated heterocycles. The van der Waals surface area contributed by atoms with Crippen molar-refractivity contribution in [3.63, 3.8) is 0 Å². The number of hydrogen-bond acceptors (Lipinski definition) is 9. The zero-order valence-corrected chi connectivity index (χ0v) is 21.7. The van der Waals surface area contributed by atoms with E-state index in [0.717, 1.165) is 22.7 Å². The molecule has 2 aliphatic rings. The average molecular weight is 495 g/mol. The van der Waals surface area contributed by atoms with Gasteiger partial charge in [0.05, 0.1) is 47.0 Å². The van der Waals surface area contributed by atoms with E-state index in [9.17, 15) is 19.8 Å². The average Bonchev–Trinajstić information content (AvgIpc) is 3.38. The minimum Gasteiger partial charge on any atom is -0.458 e. The number of rotatable bonds is 2. The third kappa shape index (κ3) is 6.51. The van der Waals surface area contributed by atoms with Crippen LogP contribution in [-0.2, 0) is 19.1 Å². The zero-order chi connectivity index (χ0) is 25.2. The number of aryl methyl sites for hydroxylation is 1. The van der Waals surface area contributed by atoms with Gasteiger partial charge in [-0.1, -0.05) is 20.8 Å². The first kappa shape index (κ1) is 26.9. The number of nitrogens with zero attached hydrogens (tertiary/aromatic N) is 1. The van der Waals surface area contributed by atoms with Crippen molar-refractivity contribution < 1.29 is 29.3 Å². The van der Waals surface area contributed by atoms with Gasteiger partial charge in [-0.3, -0.25) is 9.59 Å². The van der Waals surface area contributed by atoms with Gasteiger partial charge in [-0.05, 0) is 45.4 Å². The summed E-state index contributed by atoms with van der Waals surface area (Å²) in [4.78, 5) is 30.4. The maximum absolute atomic E-state index is 13.1. The van der Waals surface area contributed by atoms with Crippen molar-refractivity contribution in [1.29, 1.82) is 0 Å². The van der Waals surface area contributed by atoms with Gasteiger partial charge in [-0.25, -0.2) is 4.98 Å². The molecule has 1 aromatic rings. The van der Waals surface area contributed by atoms with Gasteiger partial charge in [0, 0.05) is 23.8 Å². The number of thiazole rings is 1. The van der Waals surface area contributed by atoms with Crippen LogP contribution in [0.25, 0.3) is 6.08 Å². The molecule has 8 nitrogen and oxygen atoms in total. The Balaban J connectivity index is 1.81. The fraction of sp³-hybridized carbons (Fsp3) is 0.720. The standard InChI is InChI=1S/C25H38N2O6S/c1-13(9-17-12-34-16(4)27-17)19-10-20-18(32-20)7-8-26-15(3)23(30)14(2)24(31)25(5,6)21(28)11-22(29)33-19/h9,12,14-15,18-21,23,26,28,30H,7-8,10-11H2,1-6H3. The van der Waals surface area contributed by atoms with Gasteiger partial charge in [0.1, 0.15) is 11.9 Å². The largest absolute Gasteiger partial charge is 0.458 e. The van der Waals surface area contributed by atoms with Crippen molar-refractivity contribution in [2.45, 2.75) is 97.4 Å². The third-order valence-corrected chi connectivity index (χ3v) is 7.88. The number of esters is 1. The predicted molar refractivity (Wildman–Crippen MR) is 130 cm³/mol. The first-order valence-electron chi connectivity index (χ1n) is 12.0. The highest BCUT2D eigenvalue weighted by Gasteiger charge is 2.44.